The number of esters is 1. The molecule has 0 atom stereocenters. The van der Waals surface area contributed by atoms with Gasteiger partial charge in [-0.05, 0) is 12.5 Å². The predicted molar refractivity (Wildman–Crippen MR) is 64.2 cm³/mol. The van der Waals surface area contributed by atoms with Crippen LogP contribution >= 0.6 is 0 Å². The first-order chi connectivity index (χ1) is 7.74. The number of benzene rings is 1. The van der Waals surface area contributed by atoms with Gasteiger partial charge in [-0.25, -0.2) is 0 Å². The van der Waals surface area contributed by atoms with Gasteiger partial charge in [0.15, 0.2) is 0 Å². The van der Waals surface area contributed by atoms with Crippen LogP contribution in [0.3, 0.4) is 0 Å². The molecule has 0 saturated heterocycles. The summed E-state index contributed by atoms with van der Waals surface area (Å²) in [5.41, 5.74) is 1.20. The standard InChI is InChI=1S/C11H14O2.C2H6O/c1-2-11(12)13-9-8-10-6-4-3-5-7-10;1-2-3/h3-7H,2,8-9H2,1H3;3H,2H2,1H3. The van der Waals surface area contributed by atoms with Crippen molar-refractivity contribution in [1.82, 2.24) is 0 Å². The van der Waals surface area contributed by atoms with Crippen molar-refractivity contribution in [3.63, 3.8) is 0 Å². The molecular formula is C13H20O3. The maximum atomic E-state index is 10.8. The molecule has 0 aromatic heterocycles. The molecule has 0 heterocycles. The molecule has 1 N–H and O–H groups in total. The molecule has 0 fully saturated rings. The molecule has 0 aliphatic heterocycles. The highest BCUT2D eigenvalue weighted by molar-refractivity contribution is 5.68. The molecule has 16 heavy (non-hydrogen) atoms. The van der Waals surface area contributed by atoms with Gasteiger partial charge in [-0.3, -0.25) is 4.79 Å². The molecule has 0 saturated carbocycles. The Balaban J connectivity index is 0.000000673. The van der Waals surface area contributed by atoms with Crippen LogP contribution in [0, 0.1) is 0 Å². The Morgan fingerprint density at radius 3 is 2.31 bits per heavy atom. The van der Waals surface area contributed by atoms with Gasteiger partial charge in [0.05, 0.1) is 6.61 Å². The lowest BCUT2D eigenvalue weighted by atomic mass is 10.2. The van der Waals surface area contributed by atoms with E-state index in [9.17, 15) is 4.79 Å². The topological polar surface area (TPSA) is 46.5 Å². The zero-order valence-electron chi connectivity index (χ0n) is 9.98. The molecule has 0 spiro atoms. The van der Waals surface area contributed by atoms with Crippen LogP contribution in [0.4, 0.5) is 0 Å². The van der Waals surface area contributed by atoms with Crippen molar-refractivity contribution in [2.45, 2.75) is 26.7 Å². The van der Waals surface area contributed by atoms with Crippen LogP contribution in [0.25, 0.3) is 0 Å². The monoisotopic (exact) mass is 224 g/mol. The van der Waals surface area contributed by atoms with Crippen LogP contribution in [-0.4, -0.2) is 24.3 Å². The van der Waals surface area contributed by atoms with E-state index in [1.807, 2.05) is 30.3 Å². The molecular weight excluding hydrogens is 204 g/mol. The van der Waals surface area contributed by atoms with Gasteiger partial charge in [0.2, 0.25) is 0 Å². The first kappa shape index (κ1) is 14.6. The zero-order valence-corrected chi connectivity index (χ0v) is 9.98. The van der Waals surface area contributed by atoms with Gasteiger partial charge in [-0.2, -0.15) is 0 Å². The molecule has 90 valence electrons. The van der Waals surface area contributed by atoms with Crippen LogP contribution in [0.15, 0.2) is 30.3 Å². The minimum atomic E-state index is -0.129. The van der Waals surface area contributed by atoms with E-state index in [-0.39, 0.29) is 12.6 Å². The van der Waals surface area contributed by atoms with Crippen molar-refractivity contribution in [3.8, 4) is 0 Å². The predicted octanol–water partition coefficient (Wildman–Crippen LogP) is 2.18. The summed E-state index contributed by atoms with van der Waals surface area (Å²) < 4.78 is 4.96. The van der Waals surface area contributed by atoms with Crippen LogP contribution in [-0.2, 0) is 16.0 Å². The summed E-state index contributed by atoms with van der Waals surface area (Å²) in [7, 11) is 0. The number of ether oxygens (including phenoxy) is 1. The van der Waals surface area contributed by atoms with Gasteiger partial charge in [-0.15, -0.1) is 0 Å². The summed E-state index contributed by atoms with van der Waals surface area (Å²) in [6.07, 6.45) is 1.25. The number of rotatable bonds is 4. The lowest BCUT2D eigenvalue weighted by molar-refractivity contribution is -0.143. The molecule has 1 aromatic rings. The van der Waals surface area contributed by atoms with Crippen molar-refractivity contribution in [2.75, 3.05) is 13.2 Å². The summed E-state index contributed by atoms with van der Waals surface area (Å²) in [5, 5.41) is 7.57. The van der Waals surface area contributed by atoms with Gasteiger partial charge in [0.1, 0.15) is 0 Å². The van der Waals surface area contributed by atoms with Crippen molar-refractivity contribution in [3.05, 3.63) is 35.9 Å². The van der Waals surface area contributed by atoms with E-state index >= 15 is 0 Å². The molecule has 0 aliphatic rings. The number of carbonyl (C=O) groups excluding carboxylic acids is 1. The third-order valence-corrected chi connectivity index (χ3v) is 1.79. The molecule has 0 radical (unpaired) electrons. The van der Waals surface area contributed by atoms with Crippen LogP contribution in [0.1, 0.15) is 25.8 Å². The average Bonchev–Trinajstić information content (AvgIpc) is 2.31. The lowest BCUT2D eigenvalue weighted by Gasteiger charge is -2.02. The fraction of sp³-hybridized carbons (Fsp3) is 0.462. The normalized spacial score (nSPS) is 8.94. The fourth-order valence-corrected chi connectivity index (χ4v) is 1.03. The Labute approximate surface area is 97.1 Å². The van der Waals surface area contributed by atoms with Crippen LogP contribution < -0.4 is 0 Å². The summed E-state index contributed by atoms with van der Waals surface area (Å²) >= 11 is 0. The van der Waals surface area contributed by atoms with Gasteiger partial charge in [0.25, 0.3) is 0 Å². The van der Waals surface area contributed by atoms with E-state index < -0.39 is 0 Å². The molecule has 0 unspecified atom stereocenters. The second kappa shape index (κ2) is 10.2. The second-order valence-electron chi connectivity index (χ2n) is 3.13. The highest BCUT2D eigenvalue weighted by atomic mass is 16.5. The molecule has 0 amide bonds. The molecule has 1 aromatic carbocycles. The fourth-order valence-electron chi connectivity index (χ4n) is 1.03. The number of carbonyl (C=O) groups is 1. The third kappa shape index (κ3) is 8.00. The SMILES string of the molecule is CCC(=O)OCCc1ccccc1.CCO. The van der Waals surface area contributed by atoms with Crippen molar-refractivity contribution < 1.29 is 14.6 Å². The number of aliphatic hydroxyl groups excluding tert-OH is 1. The maximum Gasteiger partial charge on any atom is 0.305 e. The Kier molecular flexibility index (Phi) is 9.32. The van der Waals surface area contributed by atoms with Crippen LogP contribution in [0.5, 0.6) is 0 Å². The summed E-state index contributed by atoms with van der Waals surface area (Å²) in [4.78, 5) is 10.8. The average molecular weight is 224 g/mol. The first-order valence-corrected chi connectivity index (χ1v) is 5.55. The molecule has 3 heteroatoms. The zero-order chi connectivity index (χ0) is 12.2. The van der Waals surface area contributed by atoms with E-state index in [4.69, 9.17) is 9.84 Å². The van der Waals surface area contributed by atoms with Crippen LogP contribution in [0.2, 0.25) is 0 Å². The van der Waals surface area contributed by atoms with Gasteiger partial charge in [-0.1, -0.05) is 37.3 Å². The van der Waals surface area contributed by atoms with E-state index in [0.29, 0.717) is 13.0 Å². The summed E-state index contributed by atoms with van der Waals surface area (Å²) in [6, 6.07) is 10.00. The Hall–Kier alpha value is -1.35. The smallest absolute Gasteiger partial charge is 0.305 e. The maximum absolute atomic E-state index is 10.8. The largest absolute Gasteiger partial charge is 0.465 e. The van der Waals surface area contributed by atoms with E-state index in [1.165, 1.54) is 5.56 Å². The third-order valence-electron chi connectivity index (χ3n) is 1.79. The highest BCUT2D eigenvalue weighted by Crippen LogP contribution is 1.99. The minimum Gasteiger partial charge on any atom is -0.465 e. The molecule has 1 rings (SSSR count). The quantitative estimate of drug-likeness (QED) is 0.797. The van der Waals surface area contributed by atoms with Crippen molar-refractivity contribution in [1.29, 1.82) is 0 Å². The van der Waals surface area contributed by atoms with E-state index in [2.05, 4.69) is 0 Å². The second-order valence-corrected chi connectivity index (χ2v) is 3.13. The molecule has 0 bridgehead atoms. The van der Waals surface area contributed by atoms with Crippen molar-refractivity contribution >= 4 is 5.97 Å². The van der Waals surface area contributed by atoms with E-state index in [1.54, 1.807) is 13.8 Å². The van der Waals surface area contributed by atoms with E-state index in [0.717, 1.165) is 6.42 Å². The Bertz CT molecular complexity index is 270. The number of hydrogen-bond donors (Lipinski definition) is 1. The van der Waals surface area contributed by atoms with Gasteiger partial charge < -0.3 is 9.84 Å². The summed E-state index contributed by atoms with van der Waals surface area (Å²) in [5.74, 6) is -0.129. The molecule has 3 nitrogen and oxygen atoms in total. The first-order valence-electron chi connectivity index (χ1n) is 5.55. The van der Waals surface area contributed by atoms with Gasteiger partial charge in [0, 0.05) is 19.4 Å². The Morgan fingerprint density at radius 1 is 1.25 bits per heavy atom. The van der Waals surface area contributed by atoms with Gasteiger partial charge >= 0.3 is 5.97 Å². The Morgan fingerprint density at radius 2 is 1.81 bits per heavy atom. The number of hydrogen-bond acceptors (Lipinski definition) is 3. The van der Waals surface area contributed by atoms with Crippen molar-refractivity contribution in [2.24, 2.45) is 0 Å². The minimum absolute atomic E-state index is 0.129. The number of aliphatic hydroxyl groups is 1. The lowest BCUT2D eigenvalue weighted by Crippen LogP contribution is -2.05. The highest BCUT2D eigenvalue weighted by Gasteiger charge is 1.97. The summed E-state index contributed by atoms with van der Waals surface area (Å²) in [6.45, 7) is 4.21. The molecule has 0 aliphatic carbocycles.